The normalized spacial score (nSPS) is 18.7. The second-order valence-corrected chi connectivity index (χ2v) is 6.95. The van der Waals surface area contributed by atoms with Gasteiger partial charge in [-0.2, -0.15) is 4.37 Å². The lowest BCUT2D eigenvalue weighted by Gasteiger charge is -2.12. The van der Waals surface area contributed by atoms with Crippen LogP contribution in [0, 0.1) is 5.92 Å². The molecular weight excluding hydrogens is 306 g/mol. The summed E-state index contributed by atoms with van der Waals surface area (Å²) in [7, 11) is 1.44. The fraction of sp³-hybridized carbons (Fsp3) is 0.615. The van der Waals surface area contributed by atoms with Gasteiger partial charge in [0.25, 0.3) is 0 Å². The van der Waals surface area contributed by atoms with E-state index >= 15 is 0 Å². The molecule has 1 aliphatic heterocycles. The van der Waals surface area contributed by atoms with E-state index in [1.807, 2.05) is 20.8 Å². The van der Waals surface area contributed by atoms with Crippen molar-refractivity contribution in [3.05, 3.63) is 5.82 Å². The van der Waals surface area contributed by atoms with Crippen LogP contribution in [0.15, 0.2) is 0 Å². The van der Waals surface area contributed by atoms with Gasteiger partial charge in [0.15, 0.2) is 0 Å². The molecule has 2 rings (SSSR count). The number of carbonyl (C=O) groups excluding carboxylic acids is 3. The van der Waals surface area contributed by atoms with E-state index in [4.69, 9.17) is 0 Å². The van der Waals surface area contributed by atoms with Crippen molar-refractivity contribution in [3.8, 4) is 0 Å². The van der Waals surface area contributed by atoms with E-state index in [0.29, 0.717) is 11.0 Å². The number of hydrogen-bond donors (Lipinski definition) is 2. The summed E-state index contributed by atoms with van der Waals surface area (Å²) >= 11 is 1.10. The Kier molecular flexibility index (Phi) is 4.45. The highest BCUT2D eigenvalue weighted by molar-refractivity contribution is 7.09. The van der Waals surface area contributed by atoms with E-state index < -0.39 is 11.9 Å². The first-order valence-corrected chi connectivity index (χ1v) is 7.65. The van der Waals surface area contributed by atoms with Gasteiger partial charge in [0.2, 0.25) is 16.9 Å². The zero-order valence-corrected chi connectivity index (χ0v) is 13.8. The minimum absolute atomic E-state index is 0.117. The maximum atomic E-state index is 11.8. The third kappa shape index (κ3) is 3.59. The first-order chi connectivity index (χ1) is 10.2. The Bertz CT molecular complexity index is 607. The summed E-state index contributed by atoms with van der Waals surface area (Å²) in [4.78, 5) is 40.2. The van der Waals surface area contributed by atoms with Crippen LogP contribution in [0.25, 0.3) is 0 Å². The molecule has 2 heterocycles. The Morgan fingerprint density at radius 3 is 2.59 bits per heavy atom. The van der Waals surface area contributed by atoms with Crippen LogP contribution in [-0.4, -0.2) is 45.7 Å². The number of likely N-dealkylation sites (tertiary alicyclic amines) is 1. The summed E-state index contributed by atoms with van der Waals surface area (Å²) in [6, 6.07) is -0.466. The summed E-state index contributed by atoms with van der Waals surface area (Å²) in [6.45, 7) is 6.07. The number of nitrogens with one attached hydrogen (secondary N) is 2. The molecule has 0 aromatic carbocycles. The van der Waals surface area contributed by atoms with Gasteiger partial charge in [-0.3, -0.25) is 19.8 Å². The SMILES string of the molecule is CN1C(=O)CC(CNC(=O)Nc2nc(C(C)(C)C)ns2)C1=O. The van der Waals surface area contributed by atoms with E-state index in [1.165, 1.54) is 7.05 Å². The number of aromatic nitrogens is 2. The fourth-order valence-electron chi connectivity index (χ4n) is 1.93. The maximum absolute atomic E-state index is 11.8. The number of anilines is 1. The molecule has 0 saturated carbocycles. The lowest BCUT2D eigenvalue weighted by molar-refractivity contribution is -0.137. The predicted octanol–water partition coefficient (Wildman–Crippen LogP) is 0.962. The Labute approximate surface area is 132 Å². The molecule has 2 N–H and O–H groups in total. The molecule has 1 unspecified atom stereocenters. The average molecular weight is 325 g/mol. The van der Waals surface area contributed by atoms with Crippen molar-refractivity contribution in [1.82, 2.24) is 19.6 Å². The Morgan fingerprint density at radius 2 is 2.09 bits per heavy atom. The van der Waals surface area contributed by atoms with E-state index in [9.17, 15) is 14.4 Å². The van der Waals surface area contributed by atoms with Crippen LogP contribution in [0.3, 0.4) is 0 Å². The second-order valence-electron chi connectivity index (χ2n) is 6.20. The van der Waals surface area contributed by atoms with Gasteiger partial charge < -0.3 is 5.32 Å². The lowest BCUT2D eigenvalue weighted by Crippen LogP contribution is -2.36. The standard InChI is InChI=1S/C13H19N5O3S/c1-13(2,3)10-15-12(22-17-10)16-11(21)14-6-7-5-8(19)18(4)9(7)20/h7H,5-6H2,1-4H3,(H2,14,15,16,17,21). The largest absolute Gasteiger partial charge is 0.337 e. The molecule has 1 atom stereocenters. The first-order valence-electron chi connectivity index (χ1n) is 6.88. The van der Waals surface area contributed by atoms with Gasteiger partial charge in [-0.05, 0) is 0 Å². The Hall–Kier alpha value is -2.03. The summed E-state index contributed by atoms with van der Waals surface area (Å²) in [5.41, 5.74) is -0.186. The van der Waals surface area contributed by atoms with Crippen LogP contribution in [0.2, 0.25) is 0 Å². The molecule has 9 heteroatoms. The van der Waals surface area contributed by atoms with Gasteiger partial charge in [0.1, 0.15) is 5.82 Å². The summed E-state index contributed by atoms with van der Waals surface area (Å²) in [5.74, 6) is -0.332. The van der Waals surface area contributed by atoms with Crippen molar-refractivity contribution in [3.63, 3.8) is 0 Å². The fourth-order valence-corrected chi connectivity index (χ4v) is 2.68. The maximum Gasteiger partial charge on any atom is 0.321 e. The van der Waals surface area contributed by atoms with Gasteiger partial charge in [-0.1, -0.05) is 20.8 Å². The molecule has 1 saturated heterocycles. The number of carbonyl (C=O) groups is 3. The molecule has 1 aromatic rings. The van der Waals surface area contributed by atoms with Crippen LogP contribution in [0.5, 0.6) is 0 Å². The van der Waals surface area contributed by atoms with Gasteiger partial charge in [0.05, 0.1) is 5.92 Å². The molecule has 22 heavy (non-hydrogen) atoms. The van der Waals surface area contributed by atoms with Crippen LogP contribution in [0.4, 0.5) is 9.93 Å². The summed E-state index contributed by atoms with van der Waals surface area (Å²) in [5, 5.41) is 5.56. The third-order valence-electron chi connectivity index (χ3n) is 3.30. The molecule has 1 aliphatic rings. The zero-order valence-electron chi connectivity index (χ0n) is 13.0. The van der Waals surface area contributed by atoms with Crippen molar-refractivity contribution >= 4 is 34.5 Å². The number of nitrogens with zero attached hydrogens (tertiary/aromatic N) is 3. The number of rotatable bonds is 3. The minimum Gasteiger partial charge on any atom is -0.337 e. The minimum atomic E-state index is -0.497. The highest BCUT2D eigenvalue weighted by atomic mass is 32.1. The lowest BCUT2D eigenvalue weighted by atomic mass is 9.96. The molecule has 120 valence electrons. The Balaban J connectivity index is 1.85. The highest BCUT2D eigenvalue weighted by Gasteiger charge is 2.35. The molecule has 0 bridgehead atoms. The average Bonchev–Trinajstić information content (AvgIpc) is 2.97. The summed E-state index contributed by atoms with van der Waals surface area (Å²) in [6.07, 6.45) is 0.128. The monoisotopic (exact) mass is 325 g/mol. The molecular formula is C13H19N5O3S. The van der Waals surface area contributed by atoms with Crippen molar-refractivity contribution in [2.45, 2.75) is 32.6 Å². The van der Waals surface area contributed by atoms with E-state index in [1.54, 1.807) is 0 Å². The number of hydrogen-bond acceptors (Lipinski definition) is 6. The molecule has 8 nitrogen and oxygen atoms in total. The van der Waals surface area contributed by atoms with Gasteiger partial charge in [0, 0.05) is 37.0 Å². The van der Waals surface area contributed by atoms with Crippen molar-refractivity contribution in [2.75, 3.05) is 18.9 Å². The van der Waals surface area contributed by atoms with E-state index in [-0.39, 0.29) is 30.2 Å². The third-order valence-corrected chi connectivity index (χ3v) is 3.93. The molecule has 4 amide bonds. The van der Waals surface area contributed by atoms with Crippen molar-refractivity contribution in [2.24, 2.45) is 5.92 Å². The van der Waals surface area contributed by atoms with Gasteiger partial charge >= 0.3 is 6.03 Å². The molecule has 1 aromatic heterocycles. The number of imide groups is 1. The number of amides is 4. The van der Waals surface area contributed by atoms with Crippen LogP contribution >= 0.6 is 11.5 Å². The van der Waals surface area contributed by atoms with E-state index in [2.05, 4.69) is 20.0 Å². The molecule has 1 fully saturated rings. The smallest absolute Gasteiger partial charge is 0.321 e. The zero-order chi connectivity index (χ0) is 16.5. The van der Waals surface area contributed by atoms with Crippen LogP contribution < -0.4 is 10.6 Å². The van der Waals surface area contributed by atoms with Gasteiger partial charge in [-0.15, -0.1) is 0 Å². The summed E-state index contributed by atoms with van der Waals surface area (Å²) < 4.78 is 4.19. The topological polar surface area (TPSA) is 104 Å². The quantitative estimate of drug-likeness (QED) is 0.806. The molecule has 0 radical (unpaired) electrons. The van der Waals surface area contributed by atoms with Crippen molar-refractivity contribution < 1.29 is 14.4 Å². The number of urea groups is 1. The highest BCUT2D eigenvalue weighted by Crippen LogP contribution is 2.23. The van der Waals surface area contributed by atoms with Crippen LogP contribution in [-0.2, 0) is 15.0 Å². The molecule has 0 aliphatic carbocycles. The first kappa shape index (κ1) is 16.3. The Morgan fingerprint density at radius 1 is 1.41 bits per heavy atom. The van der Waals surface area contributed by atoms with Crippen LogP contribution in [0.1, 0.15) is 33.0 Å². The second kappa shape index (κ2) is 5.99. The van der Waals surface area contributed by atoms with E-state index in [0.717, 1.165) is 16.4 Å². The predicted molar refractivity (Wildman–Crippen MR) is 81.5 cm³/mol. The van der Waals surface area contributed by atoms with Crippen molar-refractivity contribution in [1.29, 1.82) is 0 Å². The molecule has 0 spiro atoms. The van der Waals surface area contributed by atoms with Gasteiger partial charge in [-0.25, -0.2) is 9.78 Å².